The fourth-order valence-corrected chi connectivity index (χ4v) is 4.60. The first-order chi connectivity index (χ1) is 20.1. The molecule has 1 heterocycles. The summed E-state index contributed by atoms with van der Waals surface area (Å²) in [5.74, 6) is -2.56. The molecule has 0 saturated heterocycles. The molecule has 1 aromatic heterocycles. The van der Waals surface area contributed by atoms with Crippen LogP contribution in [0, 0.1) is 0 Å². The van der Waals surface area contributed by atoms with Gasteiger partial charge in [0.2, 0.25) is 0 Å². The fourth-order valence-electron chi connectivity index (χ4n) is 4.60. The number of aromatic carboxylic acids is 1. The van der Waals surface area contributed by atoms with E-state index in [1.807, 2.05) is 42.5 Å². The predicted octanol–water partition coefficient (Wildman–Crippen LogP) is 7.26. The van der Waals surface area contributed by atoms with E-state index in [9.17, 15) is 33.0 Å². The maximum atomic E-state index is 12.5. The van der Waals surface area contributed by atoms with Crippen LogP contribution in [0.5, 0.6) is 17.2 Å². The maximum Gasteiger partial charge on any atom is 0.573 e. The molecular weight excluding hydrogens is 553 g/mol. The molecule has 4 aromatic carbocycles. The molecule has 0 fully saturated rings. The minimum Gasteiger partial charge on any atom is -0.481 e. The molecule has 0 saturated carbocycles. The number of aliphatic carboxylic acids is 1. The van der Waals surface area contributed by atoms with Gasteiger partial charge in [0.15, 0.2) is 0 Å². The summed E-state index contributed by atoms with van der Waals surface area (Å²) in [5.41, 5.74) is 2.78. The van der Waals surface area contributed by atoms with Crippen LogP contribution < -0.4 is 14.8 Å². The van der Waals surface area contributed by atoms with Gasteiger partial charge in [-0.1, -0.05) is 30.3 Å². The number of ether oxygens (including phenoxy) is 2. The molecule has 3 N–H and O–H groups in total. The summed E-state index contributed by atoms with van der Waals surface area (Å²) in [4.78, 5) is 24.2. The number of halogens is 3. The molecule has 0 unspecified atom stereocenters. The van der Waals surface area contributed by atoms with Gasteiger partial charge in [0.25, 0.3) is 0 Å². The van der Waals surface area contributed by atoms with Crippen molar-refractivity contribution in [1.29, 1.82) is 0 Å². The van der Waals surface area contributed by atoms with E-state index in [0.29, 0.717) is 17.7 Å². The van der Waals surface area contributed by atoms with Crippen molar-refractivity contribution in [2.24, 2.45) is 0 Å². The van der Waals surface area contributed by atoms with Crippen LogP contribution >= 0.6 is 0 Å². The highest BCUT2D eigenvalue weighted by Gasteiger charge is 2.31. The van der Waals surface area contributed by atoms with Crippen LogP contribution in [0.4, 0.5) is 18.9 Å². The third-order valence-electron chi connectivity index (χ3n) is 6.33. The van der Waals surface area contributed by atoms with E-state index >= 15 is 0 Å². The Balaban J connectivity index is 1.49. The van der Waals surface area contributed by atoms with Gasteiger partial charge in [-0.25, -0.2) is 4.79 Å². The van der Waals surface area contributed by atoms with Gasteiger partial charge in [-0.2, -0.15) is 0 Å². The summed E-state index contributed by atoms with van der Waals surface area (Å²) in [6.07, 6.45) is -5.39. The summed E-state index contributed by atoms with van der Waals surface area (Å²) in [5, 5.41) is 23.3. The number of hydrogen-bond acceptors (Lipinski definition) is 5. The van der Waals surface area contributed by atoms with Gasteiger partial charge < -0.3 is 29.6 Å². The van der Waals surface area contributed by atoms with Crippen molar-refractivity contribution >= 4 is 28.5 Å². The largest absolute Gasteiger partial charge is 0.573 e. The van der Waals surface area contributed by atoms with Crippen LogP contribution in [0.3, 0.4) is 0 Å². The Kier molecular flexibility index (Phi) is 7.74. The van der Waals surface area contributed by atoms with Gasteiger partial charge in [0.1, 0.15) is 17.2 Å². The lowest BCUT2D eigenvalue weighted by molar-refractivity contribution is -0.274. The smallest absolute Gasteiger partial charge is 0.481 e. The van der Waals surface area contributed by atoms with Crippen molar-refractivity contribution in [2.45, 2.75) is 19.3 Å². The summed E-state index contributed by atoms with van der Waals surface area (Å²) in [6, 6.07) is 26.3. The summed E-state index contributed by atoms with van der Waals surface area (Å²) in [7, 11) is 0. The summed E-state index contributed by atoms with van der Waals surface area (Å²) in [6.45, 7) is 0.598. The fraction of sp³-hybridized carbons (Fsp3) is 0.0968. The van der Waals surface area contributed by atoms with Crippen LogP contribution in [0.1, 0.15) is 21.6 Å². The van der Waals surface area contributed by atoms with Gasteiger partial charge in [0, 0.05) is 29.0 Å². The zero-order chi connectivity index (χ0) is 29.9. The van der Waals surface area contributed by atoms with Crippen LogP contribution in [0.15, 0.2) is 97.1 Å². The summed E-state index contributed by atoms with van der Waals surface area (Å²) >= 11 is 0. The lowest BCUT2D eigenvalue weighted by Gasteiger charge is -2.13. The third-order valence-corrected chi connectivity index (χ3v) is 6.33. The molecule has 42 heavy (non-hydrogen) atoms. The molecule has 0 atom stereocenters. The molecule has 5 aromatic rings. The van der Waals surface area contributed by atoms with E-state index < -0.39 is 30.5 Å². The van der Waals surface area contributed by atoms with Gasteiger partial charge >= 0.3 is 18.3 Å². The number of rotatable bonds is 10. The Morgan fingerprint density at radius 3 is 2.07 bits per heavy atom. The number of nitrogens with zero attached hydrogens (tertiary/aromatic N) is 1. The topological polar surface area (TPSA) is 110 Å². The molecule has 5 rings (SSSR count). The van der Waals surface area contributed by atoms with Crippen molar-refractivity contribution in [3.05, 3.63) is 114 Å². The highest BCUT2D eigenvalue weighted by molar-refractivity contribution is 6.07. The molecule has 8 nitrogen and oxygen atoms in total. The molecule has 0 aliphatic heterocycles. The normalized spacial score (nSPS) is 11.3. The van der Waals surface area contributed by atoms with Crippen LogP contribution in [0.25, 0.3) is 16.6 Å². The maximum absolute atomic E-state index is 12.5. The van der Waals surface area contributed by atoms with E-state index in [2.05, 4.69) is 10.1 Å². The zero-order valence-corrected chi connectivity index (χ0v) is 21.8. The van der Waals surface area contributed by atoms with Crippen LogP contribution in [-0.2, 0) is 17.8 Å². The van der Waals surface area contributed by atoms with Crippen molar-refractivity contribution in [1.82, 2.24) is 4.57 Å². The highest BCUT2D eigenvalue weighted by Crippen LogP contribution is 2.35. The molecule has 0 bridgehead atoms. The molecule has 0 amide bonds. The Morgan fingerprint density at radius 1 is 0.810 bits per heavy atom. The van der Waals surface area contributed by atoms with Gasteiger partial charge in [-0.3, -0.25) is 4.79 Å². The quantitative estimate of drug-likeness (QED) is 0.161. The highest BCUT2D eigenvalue weighted by atomic mass is 19.4. The minimum absolute atomic E-state index is 0.0702. The standard InChI is InChI=1S/C31H23F3N2O6/c32-31(33,34)42-23-12-10-22(11-13-23)41-24-14-15-26-25(16-24)29(30(39)40)27(17-28(37)38)36(26)21-8-6-20(7-9-21)35-18-19-4-2-1-3-5-19/h1-16,35H,17-18H2,(H,37,38)(H,39,40). The second-order valence-electron chi connectivity index (χ2n) is 9.22. The van der Waals surface area contributed by atoms with E-state index in [1.54, 1.807) is 28.8 Å². The second kappa shape index (κ2) is 11.6. The van der Waals surface area contributed by atoms with Crippen LogP contribution in [-0.4, -0.2) is 33.1 Å². The number of nitrogens with one attached hydrogen (secondary N) is 1. The number of fused-ring (bicyclic) bond motifs is 1. The second-order valence-corrected chi connectivity index (χ2v) is 9.22. The van der Waals surface area contributed by atoms with Gasteiger partial charge in [-0.05, 0) is 72.3 Å². The number of anilines is 1. The first-order valence-electron chi connectivity index (χ1n) is 12.6. The number of benzene rings is 4. The monoisotopic (exact) mass is 576 g/mol. The molecule has 11 heteroatoms. The molecule has 214 valence electrons. The van der Waals surface area contributed by atoms with Gasteiger partial charge in [-0.15, -0.1) is 13.2 Å². The average Bonchev–Trinajstić information content (AvgIpc) is 3.25. The Bertz CT molecular complexity index is 1730. The molecule has 0 aliphatic rings. The first kappa shape index (κ1) is 28.1. The van der Waals surface area contributed by atoms with E-state index in [1.165, 1.54) is 18.2 Å². The SMILES string of the molecule is O=C(O)Cc1c(C(=O)O)c2cc(Oc3ccc(OC(F)(F)F)cc3)ccc2n1-c1ccc(NCc2ccccc2)cc1. The van der Waals surface area contributed by atoms with E-state index in [0.717, 1.165) is 23.4 Å². The van der Waals surface area contributed by atoms with Gasteiger partial charge in [0.05, 0.1) is 17.5 Å². The zero-order valence-electron chi connectivity index (χ0n) is 21.8. The number of carboxylic acid groups (broad SMARTS) is 2. The lowest BCUT2D eigenvalue weighted by atomic mass is 10.1. The third kappa shape index (κ3) is 6.47. The first-order valence-corrected chi connectivity index (χ1v) is 12.6. The molecule has 0 aliphatic carbocycles. The van der Waals surface area contributed by atoms with E-state index in [-0.39, 0.29) is 28.1 Å². The van der Waals surface area contributed by atoms with Crippen molar-refractivity contribution in [3.63, 3.8) is 0 Å². The molecular formula is C31H23F3N2O6. The Morgan fingerprint density at radius 2 is 1.45 bits per heavy atom. The number of carboxylic acids is 2. The number of carbonyl (C=O) groups is 2. The summed E-state index contributed by atoms with van der Waals surface area (Å²) < 4.78 is 48.6. The van der Waals surface area contributed by atoms with E-state index in [4.69, 9.17) is 4.74 Å². The Labute approximate surface area is 237 Å². The minimum atomic E-state index is -4.83. The lowest BCUT2D eigenvalue weighted by Crippen LogP contribution is -2.16. The molecule has 0 radical (unpaired) electrons. The molecule has 0 spiro atoms. The van der Waals surface area contributed by atoms with Crippen LogP contribution in [0.2, 0.25) is 0 Å². The van der Waals surface area contributed by atoms with Crippen molar-refractivity contribution in [2.75, 3.05) is 5.32 Å². The number of alkyl halides is 3. The average molecular weight is 577 g/mol. The van der Waals surface area contributed by atoms with Crippen molar-refractivity contribution < 1.29 is 42.4 Å². The Hall–Kier alpha value is -5.45. The number of aromatic nitrogens is 1. The predicted molar refractivity (Wildman–Crippen MR) is 149 cm³/mol. The van der Waals surface area contributed by atoms with Crippen molar-refractivity contribution in [3.8, 4) is 22.9 Å². The number of hydrogen-bond donors (Lipinski definition) is 3.